The van der Waals surface area contributed by atoms with Crippen molar-refractivity contribution in [2.75, 3.05) is 19.0 Å². The zero-order valence-corrected chi connectivity index (χ0v) is 15.0. The second-order valence-corrected chi connectivity index (χ2v) is 5.55. The highest BCUT2D eigenvalue weighted by Crippen LogP contribution is 2.16. The Morgan fingerprint density at radius 1 is 1.00 bits per heavy atom. The fraction of sp³-hybridized carbons (Fsp3) is 0.222. The third kappa shape index (κ3) is 6.31. The molecule has 0 atom stereocenters. The molecule has 2 rings (SSSR count). The Morgan fingerprint density at radius 3 is 2.24 bits per heavy atom. The number of nitrogens with one attached hydrogen (secondary N) is 3. The van der Waals surface area contributed by atoms with Gasteiger partial charge in [0, 0.05) is 5.69 Å². The zero-order chi connectivity index (χ0) is 18.1. The van der Waals surface area contributed by atoms with Crippen molar-refractivity contribution in [3.63, 3.8) is 0 Å². The largest absolute Gasteiger partial charge is 0.497 e. The van der Waals surface area contributed by atoms with Gasteiger partial charge in [-0.3, -0.25) is 15.6 Å². The van der Waals surface area contributed by atoms with Crippen LogP contribution in [0.4, 0.5) is 5.69 Å². The first kappa shape index (κ1) is 18.5. The molecule has 0 aliphatic carbocycles. The molecule has 0 saturated heterocycles. The topological polar surface area (TPSA) is 71.6 Å². The molecule has 132 valence electrons. The summed E-state index contributed by atoms with van der Waals surface area (Å²) < 4.78 is 10.4. The van der Waals surface area contributed by atoms with E-state index >= 15 is 0 Å². The summed E-state index contributed by atoms with van der Waals surface area (Å²) in [6.07, 6.45) is 0.979. The molecule has 0 fully saturated rings. The number of hydrogen-bond donors (Lipinski definition) is 3. The van der Waals surface area contributed by atoms with Gasteiger partial charge >= 0.3 is 0 Å². The van der Waals surface area contributed by atoms with Gasteiger partial charge in [-0.25, -0.2) is 0 Å². The van der Waals surface area contributed by atoms with Crippen molar-refractivity contribution in [3.8, 4) is 11.5 Å². The maximum Gasteiger partial charge on any atom is 0.276 e. The molecule has 25 heavy (non-hydrogen) atoms. The van der Waals surface area contributed by atoms with Crippen molar-refractivity contribution in [2.24, 2.45) is 0 Å². The Bertz CT molecular complexity index is 703. The van der Waals surface area contributed by atoms with Crippen LogP contribution in [0.2, 0.25) is 0 Å². The van der Waals surface area contributed by atoms with Gasteiger partial charge in [0.05, 0.1) is 7.11 Å². The molecule has 0 heterocycles. The number of rotatable bonds is 6. The molecule has 0 unspecified atom stereocenters. The van der Waals surface area contributed by atoms with Crippen LogP contribution in [0.3, 0.4) is 0 Å². The number of methoxy groups -OCH3 is 1. The van der Waals surface area contributed by atoms with Gasteiger partial charge in [-0.15, -0.1) is 0 Å². The number of carbonyl (C=O) groups is 1. The van der Waals surface area contributed by atoms with E-state index in [0.717, 1.165) is 17.9 Å². The Kier molecular flexibility index (Phi) is 7.03. The average molecular weight is 359 g/mol. The van der Waals surface area contributed by atoms with E-state index < -0.39 is 0 Å². The van der Waals surface area contributed by atoms with E-state index in [9.17, 15) is 4.79 Å². The molecule has 0 aromatic heterocycles. The molecule has 0 spiro atoms. The van der Waals surface area contributed by atoms with E-state index in [4.69, 9.17) is 21.7 Å². The van der Waals surface area contributed by atoms with Gasteiger partial charge in [-0.2, -0.15) is 0 Å². The molecular formula is C18H21N3O3S. The molecule has 0 saturated carbocycles. The highest BCUT2D eigenvalue weighted by atomic mass is 32.1. The van der Waals surface area contributed by atoms with E-state index in [2.05, 4.69) is 23.1 Å². The molecular weight excluding hydrogens is 338 g/mol. The molecule has 2 aromatic rings. The van der Waals surface area contributed by atoms with Crippen LogP contribution in [0.5, 0.6) is 11.5 Å². The van der Waals surface area contributed by atoms with Gasteiger partial charge in [0.2, 0.25) is 0 Å². The van der Waals surface area contributed by atoms with Crippen LogP contribution < -0.4 is 25.6 Å². The van der Waals surface area contributed by atoms with Crippen LogP contribution in [0.15, 0.2) is 48.5 Å². The lowest BCUT2D eigenvalue weighted by Gasteiger charge is -2.12. The summed E-state index contributed by atoms with van der Waals surface area (Å²) in [5, 5.41) is 3.28. The normalized spacial score (nSPS) is 9.84. The SMILES string of the molecule is CCc1ccc(NC(=S)NNC(=O)COc2ccc(OC)cc2)cc1. The molecule has 3 N–H and O–H groups in total. The lowest BCUT2D eigenvalue weighted by Crippen LogP contribution is -2.45. The molecule has 0 bridgehead atoms. The minimum absolute atomic E-state index is 0.132. The number of aryl methyl sites for hydroxylation is 1. The number of hydrogen-bond acceptors (Lipinski definition) is 4. The van der Waals surface area contributed by atoms with Gasteiger partial charge in [0.25, 0.3) is 5.91 Å². The highest BCUT2D eigenvalue weighted by molar-refractivity contribution is 7.80. The smallest absolute Gasteiger partial charge is 0.276 e. The number of hydrazine groups is 1. The van der Waals surface area contributed by atoms with Gasteiger partial charge < -0.3 is 14.8 Å². The van der Waals surface area contributed by atoms with Gasteiger partial charge in [0.15, 0.2) is 11.7 Å². The number of anilines is 1. The second-order valence-electron chi connectivity index (χ2n) is 5.14. The lowest BCUT2D eigenvalue weighted by atomic mass is 10.1. The standard InChI is InChI=1S/C18H21N3O3S/c1-3-13-4-6-14(7-5-13)19-18(25)21-20-17(22)12-24-16-10-8-15(23-2)9-11-16/h4-11H,3,12H2,1-2H3,(H,20,22)(H2,19,21,25). The molecule has 0 aliphatic heterocycles. The average Bonchev–Trinajstić information content (AvgIpc) is 2.65. The first-order chi connectivity index (χ1) is 12.1. The Balaban J connectivity index is 1.70. The first-order valence-corrected chi connectivity index (χ1v) is 8.23. The van der Waals surface area contributed by atoms with E-state index in [0.29, 0.717) is 10.9 Å². The summed E-state index contributed by atoms with van der Waals surface area (Å²) in [5.74, 6) is 0.954. The monoisotopic (exact) mass is 359 g/mol. The molecule has 0 radical (unpaired) electrons. The lowest BCUT2D eigenvalue weighted by molar-refractivity contribution is -0.123. The van der Waals surface area contributed by atoms with E-state index in [1.807, 2.05) is 24.3 Å². The van der Waals surface area contributed by atoms with Crippen LogP contribution in [0, 0.1) is 0 Å². The van der Waals surface area contributed by atoms with Crippen LogP contribution in [-0.4, -0.2) is 24.7 Å². The van der Waals surface area contributed by atoms with Crippen LogP contribution in [0.1, 0.15) is 12.5 Å². The summed E-state index contributed by atoms with van der Waals surface area (Å²) in [5.41, 5.74) is 7.20. The summed E-state index contributed by atoms with van der Waals surface area (Å²) in [6, 6.07) is 14.9. The molecule has 7 heteroatoms. The fourth-order valence-electron chi connectivity index (χ4n) is 1.97. The van der Waals surface area contributed by atoms with Crippen LogP contribution in [0.25, 0.3) is 0 Å². The van der Waals surface area contributed by atoms with Gasteiger partial charge in [-0.05, 0) is 60.6 Å². The number of carbonyl (C=O) groups excluding carboxylic acids is 1. The quantitative estimate of drug-likeness (QED) is 0.544. The minimum atomic E-state index is -0.346. The summed E-state index contributed by atoms with van der Waals surface area (Å²) in [4.78, 5) is 11.8. The van der Waals surface area contributed by atoms with Crippen molar-refractivity contribution in [3.05, 3.63) is 54.1 Å². The van der Waals surface area contributed by atoms with E-state index in [1.54, 1.807) is 31.4 Å². The van der Waals surface area contributed by atoms with Crippen molar-refractivity contribution in [1.82, 2.24) is 10.9 Å². The van der Waals surface area contributed by atoms with Gasteiger partial charge in [0.1, 0.15) is 11.5 Å². The third-order valence-corrected chi connectivity index (χ3v) is 3.57. The van der Waals surface area contributed by atoms with Crippen LogP contribution in [-0.2, 0) is 11.2 Å². The number of benzene rings is 2. The van der Waals surface area contributed by atoms with Gasteiger partial charge in [-0.1, -0.05) is 19.1 Å². The summed E-state index contributed by atoms with van der Waals surface area (Å²) >= 11 is 5.13. The second kappa shape index (κ2) is 9.48. The Labute approximate surface area is 152 Å². The third-order valence-electron chi connectivity index (χ3n) is 3.36. The summed E-state index contributed by atoms with van der Waals surface area (Å²) in [7, 11) is 1.59. The van der Waals surface area contributed by atoms with E-state index in [1.165, 1.54) is 5.56 Å². The van der Waals surface area contributed by atoms with Crippen molar-refractivity contribution < 1.29 is 14.3 Å². The molecule has 0 aliphatic rings. The Hall–Kier alpha value is -2.80. The first-order valence-electron chi connectivity index (χ1n) is 7.82. The molecule has 2 aromatic carbocycles. The van der Waals surface area contributed by atoms with E-state index in [-0.39, 0.29) is 12.5 Å². The maximum atomic E-state index is 11.8. The fourth-order valence-corrected chi connectivity index (χ4v) is 2.14. The Morgan fingerprint density at radius 2 is 1.64 bits per heavy atom. The summed E-state index contributed by atoms with van der Waals surface area (Å²) in [6.45, 7) is 1.96. The molecule has 6 nitrogen and oxygen atoms in total. The highest BCUT2D eigenvalue weighted by Gasteiger charge is 2.04. The maximum absolute atomic E-state index is 11.8. The predicted octanol–water partition coefficient (Wildman–Crippen LogP) is 2.65. The van der Waals surface area contributed by atoms with Crippen molar-refractivity contribution in [2.45, 2.75) is 13.3 Å². The minimum Gasteiger partial charge on any atom is -0.497 e. The number of thiocarbonyl (C=S) groups is 1. The molecule has 1 amide bonds. The predicted molar refractivity (Wildman–Crippen MR) is 102 cm³/mol. The zero-order valence-electron chi connectivity index (χ0n) is 14.2. The van der Waals surface area contributed by atoms with Crippen molar-refractivity contribution >= 4 is 28.9 Å². The van der Waals surface area contributed by atoms with Crippen LogP contribution >= 0.6 is 12.2 Å². The number of ether oxygens (including phenoxy) is 2. The number of amides is 1. The van der Waals surface area contributed by atoms with Crippen molar-refractivity contribution in [1.29, 1.82) is 0 Å².